The van der Waals surface area contributed by atoms with Crippen molar-refractivity contribution in [3.05, 3.63) is 29.3 Å². The summed E-state index contributed by atoms with van der Waals surface area (Å²) >= 11 is 0. The van der Waals surface area contributed by atoms with E-state index in [1.807, 2.05) is 11.8 Å². The minimum atomic E-state index is -3.42. The SMILES string of the molecule is Cc1ccc(NS(C)(=O)=O)c(C(=O)N2C[C@H]3CNC[C@H]3C2)c1. The first-order valence-corrected chi connectivity index (χ1v) is 9.31. The van der Waals surface area contributed by atoms with Crippen molar-refractivity contribution in [3.8, 4) is 0 Å². The first-order chi connectivity index (χ1) is 10.3. The fraction of sp³-hybridized carbons (Fsp3) is 0.533. The van der Waals surface area contributed by atoms with Crippen molar-refractivity contribution in [1.82, 2.24) is 10.2 Å². The van der Waals surface area contributed by atoms with Gasteiger partial charge in [0.05, 0.1) is 17.5 Å². The standard InChI is InChI=1S/C15H21N3O3S/c1-10-3-4-14(17-22(2,20)21)13(5-10)15(19)18-8-11-6-16-7-12(11)9-18/h3-5,11-12,16-17H,6-9H2,1-2H3/t11-,12+. The molecule has 0 radical (unpaired) electrons. The molecule has 0 bridgehead atoms. The molecule has 3 rings (SSSR count). The van der Waals surface area contributed by atoms with Gasteiger partial charge in [0, 0.05) is 26.2 Å². The van der Waals surface area contributed by atoms with Gasteiger partial charge in [0.2, 0.25) is 10.0 Å². The van der Waals surface area contributed by atoms with Crippen LogP contribution in [0.4, 0.5) is 5.69 Å². The molecule has 0 saturated carbocycles. The second-order valence-electron chi connectivity index (χ2n) is 6.31. The van der Waals surface area contributed by atoms with Gasteiger partial charge in [-0.25, -0.2) is 8.42 Å². The molecular formula is C15H21N3O3S. The molecule has 0 unspecified atom stereocenters. The number of sulfonamides is 1. The van der Waals surface area contributed by atoms with Crippen LogP contribution < -0.4 is 10.0 Å². The summed E-state index contributed by atoms with van der Waals surface area (Å²) in [5.74, 6) is 0.935. The lowest BCUT2D eigenvalue weighted by molar-refractivity contribution is 0.0782. The molecule has 0 aromatic heterocycles. The van der Waals surface area contributed by atoms with Crippen LogP contribution in [0.25, 0.3) is 0 Å². The van der Waals surface area contributed by atoms with Gasteiger partial charge in [0.25, 0.3) is 5.91 Å². The third-order valence-electron chi connectivity index (χ3n) is 4.38. The van der Waals surface area contributed by atoms with E-state index in [1.54, 1.807) is 18.2 Å². The lowest BCUT2D eigenvalue weighted by atomic mass is 10.0. The van der Waals surface area contributed by atoms with Gasteiger partial charge in [0.15, 0.2) is 0 Å². The molecule has 1 amide bonds. The minimum absolute atomic E-state index is 0.0933. The maximum atomic E-state index is 12.8. The first kappa shape index (κ1) is 15.3. The monoisotopic (exact) mass is 323 g/mol. The van der Waals surface area contributed by atoms with Gasteiger partial charge < -0.3 is 10.2 Å². The van der Waals surface area contributed by atoms with Crippen LogP contribution in [-0.2, 0) is 10.0 Å². The van der Waals surface area contributed by atoms with E-state index in [2.05, 4.69) is 10.0 Å². The molecular weight excluding hydrogens is 302 g/mol. The highest BCUT2D eigenvalue weighted by molar-refractivity contribution is 7.92. The second-order valence-corrected chi connectivity index (χ2v) is 8.06. The third kappa shape index (κ3) is 3.10. The quantitative estimate of drug-likeness (QED) is 0.856. The topological polar surface area (TPSA) is 78.5 Å². The Labute approximate surface area is 130 Å². The molecule has 0 spiro atoms. The normalized spacial score (nSPS) is 24.4. The molecule has 1 aromatic rings. The Bertz CT molecular complexity index is 690. The molecule has 2 atom stereocenters. The number of carbonyl (C=O) groups excluding carboxylic acids is 1. The van der Waals surface area contributed by atoms with Crippen LogP contribution in [0, 0.1) is 18.8 Å². The number of amides is 1. The molecule has 2 N–H and O–H groups in total. The zero-order valence-electron chi connectivity index (χ0n) is 12.8. The Morgan fingerprint density at radius 2 is 1.91 bits per heavy atom. The predicted molar refractivity (Wildman–Crippen MR) is 85.4 cm³/mol. The zero-order valence-corrected chi connectivity index (χ0v) is 13.6. The average Bonchev–Trinajstić information content (AvgIpc) is 2.99. The van der Waals surface area contributed by atoms with Gasteiger partial charge in [0.1, 0.15) is 0 Å². The van der Waals surface area contributed by atoms with E-state index in [4.69, 9.17) is 0 Å². The molecule has 2 aliphatic heterocycles. The van der Waals surface area contributed by atoms with Crippen molar-refractivity contribution in [2.45, 2.75) is 6.92 Å². The molecule has 6 nitrogen and oxygen atoms in total. The molecule has 22 heavy (non-hydrogen) atoms. The number of benzene rings is 1. The number of rotatable bonds is 3. The molecule has 2 aliphatic rings. The number of anilines is 1. The Hall–Kier alpha value is -1.60. The molecule has 2 fully saturated rings. The van der Waals surface area contributed by atoms with Gasteiger partial charge in [-0.3, -0.25) is 9.52 Å². The van der Waals surface area contributed by atoms with Crippen molar-refractivity contribution in [2.75, 3.05) is 37.2 Å². The minimum Gasteiger partial charge on any atom is -0.338 e. The predicted octanol–water partition coefficient (Wildman–Crippen LogP) is 0.658. The molecule has 1 aromatic carbocycles. The number of aryl methyl sites for hydroxylation is 1. The van der Waals surface area contributed by atoms with Crippen molar-refractivity contribution in [2.24, 2.45) is 11.8 Å². The summed E-state index contributed by atoms with van der Waals surface area (Å²) in [6, 6.07) is 5.21. The van der Waals surface area contributed by atoms with E-state index in [1.165, 1.54) is 0 Å². The number of likely N-dealkylation sites (tertiary alicyclic amines) is 1. The molecule has 7 heteroatoms. The highest BCUT2D eigenvalue weighted by atomic mass is 32.2. The number of nitrogens with one attached hydrogen (secondary N) is 2. The number of carbonyl (C=O) groups is 1. The smallest absolute Gasteiger partial charge is 0.256 e. The Balaban J connectivity index is 1.87. The number of nitrogens with zero attached hydrogens (tertiary/aromatic N) is 1. The first-order valence-electron chi connectivity index (χ1n) is 7.42. The fourth-order valence-electron chi connectivity index (χ4n) is 3.32. The maximum Gasteiger partial charge on any atom is 0.256 e. The van der Waals surface area contributed by atoms with Crippen LogP contribution in [0.3, 0.4) is 0 Å². The van der Waals surface area contributed by atoms with Crippen LogP contribution in [0.15, 0.2) is 18.2 Å². The fourth-order valence-corrected chi connectivity index (χ4v) is 3.89. The lowest BCUT2D eigenvalue weighted by Crippen LogP contribution is -2.32. The second kappa shape index (κ2) is 5.55. The summed E-state index contributed by atoms with van der Waals surface area (Å²) in [7, 11) is -3.42. The lowest BCUT2D eigenvalue weighted by Gasteiger charge is -2.20. The number of hydrogen-bond acceptors (Lipinski definition) is 4. The van der Waals surface area contributed by atoms with Crippen molar-refractivity contribution in [3.63, 3.8) is 0 Å². The summed E-state index contributed by atoms with van der Waals surface area (Å²) in [4.78, 5) is 14.7. The van der Waals surface area contributed by atoms with E-state index in [9.17, 15) is 13.2 Å². The van der Waals surface area contributed by atoms with E-state index in [0.717, 1.165) is 38.0 Å². The van der Waals surface area contributed by atoms with Crippen LogP contribution in [-0.4, -0.2) is 51.7 Å². The van der Waals surface area contributed by atoms with Gasteiger partial charge in [-0.05, 0) is 30.9 Å². The number of hydrogen-bond donors (Lipinski definition) is 2. The molecule has 2 heterocycles. The van der Waals surface area contributed by atoms with Crippen molar-refractivity contribution >= 4 is 21.6 Å². The Kier molecular flexibility index (Phi) is 3.86. The molecule has 2 saturated heterocycles. The van der Waals surface area contributed by atoms with Crippen molar-refractivity contribution < 1.29 is 13.2 Å². The maximum absolute atomic E-state index is 12.8. The Morgan fingerprint density at radius 3 is 2.50 bits per heavy atom. The van der Waals surface area contributed by atoms with Gasteiger partial charge >= 0.3 is 0 Å². The summed E-state index contributed by atoms with van der Waals surface area (Å²) in [5, 5.41) is 3.35. The highest BCUT2D eigenvalue weighted by Crippen LogP contribution is 2.29. The van der Waals surface area contributed by atoms with Gasteiger partial charge in [-0.1, -0.05) is 11.6 Å². The number of fused-ring (bicyclic) bond motifs is 1. The van der Waals surface area contributed by atoms with Gasteiger partial charge in [-0.2, -0.15) is 0 Å². The molecule has 0 aliphatic carbocycles. The largest absolute Gasteiger partial charge is 0.338 e. The van der Waals surface area contributed by atoms with Crippen LogP contribution in [0.1, 0.15) is 15.9 Å². The summed E-state index contributed by atoms with van der Waals surface area (Å²) in [6.07, 6.45) is 1.09. The van der Waals surface area contributed by atoms with E-state index in [-0.39, 0.29) is 5.91 Å². The summed E-state index contributed by atoms with van der Waals surface area (Å²) in [5.41, 5.74) is 1.72. The third-order valence-corrected chi connectivity index (χ3v) is 4.97. The van der Waals surface area contributed by atoms with Crippen molar-refractivity contribution in [1.29, 1.82) is 0 Å². The van der Waals surface area contributed by atoms with E-state index >= 15 is 0 Å². The summed E-state index contributed by atoms with van der Waals surface area (Å²) < 4.78 is 25.4. The molecule has 120 valence electrons. The summed E-state index contributed by atoms with van der Waals surface area (Å²) in [6.45, 7) is 5.28. The Morgan fingerprint density at radius 1 is 1.27 bits per heavy atom. The average molecular weight is 323 g/mol. The van der Waals surface area contributed by atoms with Crippen LogP contribution in [0.2, 0.25) is 0 Å². The van der Waals surface area contributed by atoms with E-state index in [0.29, 0.717) is 23.1 Å². The van der Waals surface area contributed by atoms with Gasteiger partial charge in [-0.15, -0.1) is 0 Å². The van der Waals surface area contributed by atoms with Crippen LogP contribution in [0.5, 0.6) is 0 Å². The highest BCUT2D eigenvalue weighted by Gasteiger charge is 2.38. The zero-order chi connectivity index (χ0) is 15.9. The van der Waals surface area contributed by atoms with Crippen LogP contribution >= 0.6 is 0 Å². The van der Waals surface area contributed by atoms with E-state index < -0.39 is 10.0 Å².